The van der Waals surface area contributed by atoms with E-state index in [1.54, 1.807) is 19.2 Å². The number of hydrogen-bond acceptors (Lipinski definition) is 3. The van der Waals surface area contributed by atoms with Crippen LogP contribution in [0.5, 0.6) is 5.75 Å². The van der Waals surface area contributed by atoms with Gasteiger partial charge in [0.2, 0.25) is 5.91 Å². The molecule has 0 aliphatic carbocycles. The molecule has 5 heteroatoms. The summed E-state index contributed by atoms with van der Waals surface area (Å²) in [6, 6.07) is 14.4. The van der Waals surface area contributed by atoms with E-state index in [1.807, 2.05) is 12.1 Å². The molecule has 1 aliphatic heterocycles. The lowest BCUT2D eigenvalue weighted by Gasteiger charge is -2.34. The molecule has 0 unspecified atom stereocenters. The molecule has 0 spiro atoms. The van der Waals surface area contributed by atoms with E-state index < -0.39 is 0 Å². The van der Waals surface area contributed by atoms with Gasteiger partial charge < -0.3 is 15.0 Å². The normalized spacial score (nSPS) is 15.0. The molecule has 0 aromatic heterocycles. The minimum absolute atomic E-state index is 0.0477. The second-order valence-corrected chi connectivity index (χ2v) is 6.33. The highest BCUT2D eigenvalue weighted by Gasteiger charge is 2.21. The molecule has 0 radical (unpaired) electrons. The average molecular weight is 342 g/mol. The van der Waals surface area contributed by atoms with Crippen LogP contribution in [-0.2, 0) is 11.2 Å². The van der Waals surface area contributed by atoms with Gasteiger partial charge in [0.1, 0.15) is 11.6 Å². The van der Waals surface area contributed by atoms with Crippen molar-refractivity contribution in [3.8, 4) is 5.75 Å². The molecule has 1 aliphatic rings. The van der Waals surface area contributed by atoms with Crippen molar-refractivity contribution in [1.82, 2.24) is 5.32 Å². The van der Waals surface area contributed by atoms with Gasteiger partial charge in [0, 0.05) is 24.8 Å². The number of hydrogen-bond donors (Lipinski definition) is 1. The van der Waals surface area contributed by atoms with Crippen LogP contribution < -0.4 is 15.0 Å². The number of nitrogens with one attached hydrogen (secondary N) is 1. The second kappa shape index (κ2) is 8.01. The summed E-state index contributed by atoms with van der Waals surface area (Å²) in [6.45, 7) is 1.80. The molecule has 0 saturated carbocycles. The molecular formula is C20H23FN2O2. The number of rotatable bonds is 5. The Morgan fingerprint density at radius 3 is 2.56 bits per heavy atom. The summed E-state index contributed by atoms with van der Waals surface area (Å²) >= 11 is 0. The van der Waals surface area contributed by atoms with E-state index in [4.69, 9.17) is 4.74 Å². The largest absolute Gasteiger partial charge is 0.497 e. The van der Waals surface area contributed by atoms with E-state index in [1.165, 1.54) is 17.8 Å². The van der Waals surface area contributed by atoms with Gasteiger partial charge >= 0.3 is 0 Å². The number of anilines is 1. The topological polar surface area (TPSA) is 41.6 Å². The van der Waals surface area contributed by atoms with E-state index in [-0.39, 0.29) is 24.2 Å². The van der Waals surface area contributed by atoms with Crippen molar-refractivity contribution in [2.45, 2.75) is 25.3 Å². The Bertz CT molecular complexity index is 710. The molecule has 0 bridgehead atoms. The van der Waals surface area contributed by atoms with E-state index in [0.29, 0.717) is 5.56 Å². The van der Waals surface area contributed by atoms with Crippen molar-refractivity contribution in [1.29, 1.82) is 0 Å². The van der Waals surface area contributed by atoms with Crippen molar-refractivity contribution in [3.63, 3.8) is 0 Å². The monoisotopic (exact) mass is 342 g/mol. The second-order valence-electron chi connectivity index (χ2n) is 6.33. The number of nitrogens with zero attached hydrogens (tertiary/aromatic N) is 1. The van der Waals surface area contributed by atoms with Gasteiger partial charge in [0.25, 0.3) is 0 Å². The zero-order valence-electron chi connectivity index (χ0n) is 14.4. The fourth-order valence-corrected chi connectivity index (χ4v) is 3.19. The Morgan fingerprint density at radius 1 is 1.20 bits per heavy atom. The third-order valence-corrected chi connectivity index (χ3v) is 4.55. The summed E-state index contributed by atoms with van der Waals surface area (Å²) in [5.74, 6) is 0.495. The zero-order valence-corrected chi connectivity index (χ0v) is 14.4. The highest BCUT2D eigenvalue weighted by molar-refractivity contribution is 5.78. The predicted octanol–water partition coefficient (Wildman–Crippen LogP) is 3.16. The Labute approximate surface area is 147 Å². The SMILES string of the molecule is COc1ccc(N2CCC(NC(=O)Cc3cccc(F)c3)CC2)cc1. The number of piperidine rings is 1. The average Bonchev–Trinajstić information content (AvgIpc) is 2.62. The molecule has 25 heavy (non-hydrogen) atoms. The maximum absolute atomic E-state index is 13.2. The van der Waals surface area contributed by atoms with Crippen molar-refractivity contribution >= 4 is 11.6 Å². The summed E-state index contributed by atoms with van der Waals surface area (Å²) in [5, 5.41) is 3.07. The molecule has 3 rings (SSSR count). The fraction of sp³-hybridized carbons (Fsp3) is 0.350. The molecule has 132 valence electrons. The van der Waals surface area contributed by atoms with Crippen LogP contribution in [0.25, 0.3) is 0 Å². The van der Waals surface area contributed by atoms with Crippen LogP contribution in [0.3, 0.4) is 0 Å². The van der Waals surface area contributed by atoms with Gasteiger partial charge in [0.15, 0.2) is 0 Å². The first-order valence-corrected chi connectivity index (χ1v) is 8.57. The van der Waals surface area contributed by atoms with E-state index >= 15 is 0 Å². The first kappa shape index (κ1) is 17.3. The minimum Gasteiger partial charge on any atom is -0.497 e. The Kier molecular flexibility index (Phi) is 5.53. The molecule has 2 aromatic rings. The Balaban J connectivity index is 1.47. The third kappa shape index (κ3) is 4.72. The molecule has 1 saturated heterocycles. The molecule has 1 heterocycles. The number of ether oxygens (including phenoxy) is 1. The van der Waals surface area contributed by atoms with Crippen LogP contribution in [0.4, 0.5) is 10.1 Å². The number of halogens is 1. The van der Waals surface area contributed by atoms with Crippen LogP contribution in [0, 0.1) is 5.82 Å². The van der Waals surface area contributed by atoms with Gasteiger partial charge in [-0.1, -0.05) is 12.1 Å². The van der Waals surface area contributed by atoms with Gasteiger partial charge in [-0.05, 0) is 54.8 Å². The minimum atomic E-state index is -0.307. The molecular weight excluding hydrogens is 319 g/mol. The lowest BCUT2D eigenvalue weighted by atomic mass is 10.0. The Hall–Kier alpha value is -2.56. The van der Waals surface area contributed by atoms with Gasteiger partial charge in [-0.3, -0.25) is 4.79 Å². The maximum Gasteiger partial charge on any atom is 0.224 e. The predicted molar refractivity (Wildman–Crippen MR) is 96.5 cm³/mol. The van der Waals surface area contributed by atoms with Crippen LogP contribution in [0.15, 0.2) is 48.5 Å². The molecule has 4 nitrogen and oxygen atoms in total. The summed E-state index contributed by atoms with van der Waals surface area (Å²) in [5.41, 5.74) is 1.87. The summed E-state index contributed by atoms with van der Waals surface area (Å²) in [4.78, 5) is 14.5. The lowest BCUT2D eigenvalue weighted by Crippen LogP contribution is -2.45. The molecule has 1 fully saturated rings. The van der Waals surface area contributed by atoms with Crippen LogP contribution in [-0.4, -0.2) is 32.1 Å². The van der Waals surface area contributed by atoms with Gasteiger partial charge in [-0.15, -0.1) is 0 Å². The summed E-state index contributed by atoms with van der Waals surface area (Å²) < 4.78 is 18.4. The van der Waals surface area contributed by atoms with E-state index in [9.17, 15) is 9.18 Å². The number of amides is 1. The maximum atomic E-state index is 13.2. The number of carbonyl (C=O) groups is 1. The molecule has 1 N–H and O–H groups in total. The molecule has 1 amide bonds. The van der Waals surface area contributed by atoms with Gasteiger partial charge in [-0.2, -0.15) is 0 Å². The van der Waals surface area contributed by atoms with Crippen LogP contribution in [0.1, 0.15) is 18.4 Å². The van der Waals surface area contributed by atoms with Crippen molar-refractivity contribution in [2.75, 3.05) is 25.1 Å². The third-order valence-electron chi connectivity index (χ3n) is 4.55. The van der Waals surface area contributed by atoms with Crippen molar-refractivity contribution < 1.29 is 13.9 Å². The van der Waals surface area contributed by atoms with Gasteiger partial charge in [0.05, 0.1) is 13.5 Å². The lowest BCUT2D eigenvalue weighted by molar-refractivity contribution is -0.121. The van der Waals surface area contributed by atoms with E-state index in [2.05, 4.69) is 22.3 Å². The Morgan fingerprint density at radius 2 is 1.92 bits per heavy atom. The highest BCUT2D eigenvalue weighted by Crippen LogP contribution is 2.22. The quantitative estimate of drug-likeness (QED) is 0.907. The number of methoxy groups -OCH3 is 1. The zero-order chi connectivity index (χ0) is 17.6. The van der Waals surface area contributed by atoms with Gasteiger partial charge in [-0.25, -0.2) is 4.39 Å². The highest BCUT2D eigenvalue weighted by atomic mass is 19.1. The smallest absolute Gasteiger partial charge is 0.224 e. The number of carbonyl (C=O) groups excluding carboxylic acids is 1. The molecule has 0 atom stereocenters. The van der Waals surface area contributed by atoms with Crippen molar-refractivity contribution in [3.05, 3.63) is 59.9 Å². The first-order valence-electron chi connectivity index (χ1n) is 8.57. The van der Waals surface area contributed by atoms with Crippen LogP contribution >= 0.6 is 0 Å². The van der Waals surface area contributed by atoms with Crippen LogP contribution in [0.2, 0.25) is 0 Å². The van der Waals surface area contributed by atoms with Crippen molar-refractivity contribution in [2.24, 2.45) is 0 Å². The molecule has 2 aromatic carbocycles. The summed E-state index contributed by atoms with van der Waals surface area (Å²) in [6.07, 6.45) is 2.03. The standard InChI is InChI=1S/C20H23FN2O2/c1-25-19-7-5-18(6-8-19)23-11-9-17(10-12-23)22-20(24)14-15-3-2-4-16(21)13-15/h2-8,13,17H,9-12,14H2,1H3,(H,22,24). The van der Waals surface area contributed by atoms with E-state index in [0.717, 1.165) is 31.7 Å². The number of benzene rings is 2. The summed E-state index contributed by atoms with van der Waals surface area (Å²) in [7, 11) is 1.66. The fourth-order valence-electron chi connectivity index (χ4n) is 3.19. The first-order chi connectivity index (χ1) is 12.1.